The third kappa shape index (κ3) is 23.5. The smallest absolute Gasteiger partial charge is 0.224 e. The van der Waals surface area contributed by atoms with Crippen LogP contribution in [0.15, 0.2) is 0 Å². The number of unbranched alkanes of at least 4 members (excludes halogenated alkanes) is 2. The molecule has 41 nitrogen and oxygen atoms in total. The van der Waals surface area contributed by atoms with E-state index in [2.05, 4.69) is 10.6 Å². The number of aliphatic hydroxyl groups is 19. The number of hydrogen-bond acceptors (Lipinski definition) is 41. The molecule has 0 radical (unpaired) electrons. The minimum atomic E-state index is -2.28. The normalized spacial score (nSPS) is 42.7. The van der Waals surface area contributed by atoms with Gasteiger partial charge in [-0.05, 0) is 26.7 Å². The van der Waals surface area contributed by atoms with Gasteiger partial charge < -0.3 is 183 Å². The van der Waals surface area contributed by atoms with E-state index in [1.165, 1.54) is 6.92 Å². The molecule has 0 aromatic rings. The summed E-state index contributed by atoms with van der Waals surface area (Å²) in [6, 6.07) is 0. The topological polar surface area (TPSA) is 624 Å². The number of hydrogen-bond donors (Lipinski definition) is 21. The number of nitrogens with one attached hydrogen (secondary N) is 2. The van der Waals surface area contributed by atoms with Crippen LogP contribution in [0.5, 0.6) is 0 Å². The average Bonchev–Trinajstić information content (AvgIpc) is 0.780. The molecular formula is C67H114N2O39S2. The molecule has 43 heteroatoms. The van der Waals surface area contributed by atoms with Crippen molar-refractivity contribution in [2.45, 2.75) is 288 Å². The van der Waals surface area contributed by atoms with E-state index >= 15 is 0 Å². The van der Waals surface area contributed by atoms with Crippen LogP contribution < -0.4 is 10.6 Å². The first-order valence-electron chi connectivity index (χ1n) is 37.2. The zero-order valence-electron chi connectivity index (χ0n) is 61.4. The summed E-state index contributed by atoms with van der Waals surface area (Å²) in [6.07, 6.45) is -68.5. The SMILES string of the molecule is CCCCCNC(=O)C(CC)CSCC1O[C@@H]2O[C@@H]3C(CO)O[C@H](O[C@@H]4C(CO)O[C@H](O[C@@H]5C(CO)O[C@H](O[C@@H]6C(CSCC(CC(=O)CCOCCOCCC(C)=O)C(=O)NCC)O[C@H](O[C@@H]7C(CO)O[C@H](O[C@@H]8C(CO)O[C@H](O[C@H]1[C@H](O)C2O)C(O)[C@H]8O)C(O)[C@H]7O)C(O)[C@H]6O)C(O)[C@H]5O)C(O)[C@H]4O)C(O)[C@H]3O. The van der Waals surface area contributed by atoms with Crippen molar-refractivity contribution >= 4 is 46.9 Å². The van der Waals surface area contributed by atoms with Gasteiger partial charge in [-0.3, -0.25) is 19.2 Å². The Morgan fingerprint density at radius 2 is 0.636 bits per heavy atom. The Bertz CT molecular complexity index is 2750. The largest absolute Gasteiger partial charge is 0.394 e. The molecule has 2 amide bonds. The summed E-state index contributed by atoms with van der Waals surface area (Å²) in [5.41, 5.74) is 0. The number of amides is 2. The molecule has 0 spiro atoms. The van der Waals surface area contributed by atoms with Gasteiger partial charge in [0.25, 0.3) is 0 Å². The van der Waals surface area contributed by atoms with Gasteiger partial charge in [-0.2, -0.15) is 23.5 Å². The molecule has 21 aliphatic rings. The lowest BCUT2D eigenvalue weighted by Crippen LogP contribution is -2.68. The number of carbonyl (C=O) groups is 4. The maximum absolute atomic E-state index is 13.5. The van der Waals surface area contributed by atoms with E-state index in [4.69, 9.17) is 75.8 Å². The van der Waals surface area contributed by atoms with Crippen LogP contribution in [-0.2, 0) is 95.0 Å². The Balaban J connectivity index is 1.09. The highest BCUT2D eigenvalue weighted by Crippen LogP contribution is 2.40. The molecule has 37 atom stereocenters. The summed E-state index contributed by atoms with van der Waals surface area (Å²) in [5, 5.41) is 225. The highest BCUT2D eigenvalue weighted by Gasteiger charge is 2.60. The summed E-state index contributed by atoms with van der Waals surface area (Å²) in [6.45, 7) is 2.44. The van der Waals surface area contributed by atoms with E-state index in [0.29, 0.717) is 13.0 Å². The average molecular weight is 1640 g/mol. The summed E-state index contributed by atoms with van der Waals surface area (Å²) >= 11 is 2.05. The predicted octanol–water partition coefficient (Wildman–Crippen LogP) is -10.3. The van der Waals surface area contributed by atoms with Crippen molar-refractivity contribution in [2.24, 2.45) is 11.8 Å². The van der Waals surface area contributed by atoms with E-state index in [9.17, 15) is 116 Å². The van der Waals surface area contributed by atoms with Crippen LogP contribution in [0.25, 0.3) is 0 Å². The maximum atomic E-state index is 13.5. The second-order valence-electron chi connectivity index (χ2n) is 28.2. The Hall–Kier alpha value is -2.42. The van der Waals surface area contributed by atoms with Crippen LogP contribution in [0.2, 0.25) is 0 Å². The van der Waals surface area contributed by atoms with E-state index in [-0.39, 0.29) is 92.7 Å². The van der Waals surface area contributed by atoms with Gasteiger partial charge in [0.05, 0.1) is 77.6 Å². The zero-order valence-corrected chi connectivity index (χ0v) is 63.0. The summed E-state index contributed by atoms with van der Waals surface area (Å²) in [4.78, 5) is 51.5. The van der Waals surface area contributed by atoms with Crippen LogP contribution >= 0.6 is 23.5 Å². The Kier molecular flexibility index (Phi) is 38.0. The second-order valence-corrected chi connectivity index (χ2v) is 30.4. The molecule has 0 aromatic carbocycles. The predicted molar refractivity (Wildman–Crippen MR) is 369 cm³/mol. The minimum absolute atomic E-state index is 0.0377. The number of Topliss-reactive ketones (excluding diaryl/α,β-unsaturated/α-hetero) is 2. The van der Waals surface area contributed by atoms with Crippen molar-refractivity contribution in [2.75, 3.05) is 95.6 Å². The molecule has 21 N–H and O–H groups in total. The lowest BCUT2D eigenvalue weighted by Gasteiger charge is -2.50. The number of ketones is 2. The summed E-state index contributed by atoms with van der Waals surface area (Å²) < 4.78 is 94.8. The molecule has 21 fully saturated rings. The summed E-state index contributed by atoms with van der Waals surface area (Å²) in [7, 11) is 0. The molecular weight excluding hydrogens is 1520 g/mol. The molecule has 21 aliphatic heterocycles. The number of thioether (sulfide) groups is 2. The van der Waals surface area contributed by atoms with Gasteiger partial charge in [0, 0.05) is 61.3 Å². The second kappa shape index (κ2) is 44.9. The fraction of sp³-hybridized carbons (Fsp3) is 0.940. The van der Waals surface area contributed by atoms with Gasteiger partial charge in [0.1, 0.15) is 170 Å². The van der Waals surface area contributed by atoms with Crippen LogP contribution in [-0.4, -0.2) is 431 Å². The van der Waals surface area contributed by atoms with Crippen molar-refractivity contribution in [3.05, 3.63) is 0 Å². The molecule has 110 heavy (non-hydrogen) atoms. The molecule has 14 bridgehead atoms. The van der Waals surface area contributed by atoms with E-state index in [1.807, 2.05) is 6.92 Å². The van der Waals surface area contributed by atoms with Crippen molar-refractivity contribution in [1.82, 2.24) is 10.6 Å². The third-order valence-corrected chi connectivity index (χ3v) is 22.7. The lowest BCUT2D eigenvalue weighted by atomic mass is 9.95. The van der Waals surface area contributed by atoms with Gasteiger partial charge in [-0.25, -0.2) is 0 Å². The quantitative estimate of drug-likeness (QED) is 0.0278. The van der Waals surface area contributed by atoms with E-state index in [0.717, 1.165) is 42.8 Å². The monoisotopic (exact) mass is 1630 g/mol. The Morgan fingerprint density at radius 1 is 0.355 bits per heavy atom. The maximum Gasteiger partial charge on any atom is 0.224 e. The first-order valence-corrected chi connectivity index (χ1v) is 39.5. The Morgan fingerprint density at radius 3 is 0.918 bits per heavy atom. The highest BCUT2D eigenvalue weighted by atomic mass is 32.2. The third-order valence-electron chi connectivity index (χ3n) is 20.3. The molecule has 638 valence electrons. The van der Waals surface area contributed by atoms with Crippen LogP contribution in [0, 0.1) is 11.8 Å². The molecule has 0 aromatic heterocycles. The lowest BCUT2D eigenvalue weighted by molar-refractivity contribution is -0.395. The molecule has 0 aliphatic carbocycles. The van der Waals surface area contributed by atoms with Crippen LogP contribution in [0.3, 0.4) is 0 Å². The van der Waals surface area contributed by atoms with Gasteiger partial charge in [-0.1, -0.05) is 26.7 Å². The van der Waals surface area contributed by atoms with Gasteiger partial charge in [0.15, 0.2) is 44.0 Å². The molecule has 0 saturated carbocycles. The number of aliphatic hydroxyl groups excluding tert-OH is 19. The number of carbonyl (C=O) groups excluding carboxylic acids is 4. The fourth-order valence-corrected chi connectivity index (χ4v) is 16.3. The van der Waals surface area contributed by atoms with Crippen molar-refractivity contribution in [3.63, 3.8) is 0 Å². The van der Waals surface area contributed by atoms with Crippen molar-refractivity contribution in [3.8, 4) is 0 Å². The first kappa shape index (κ1) is 93.1. The molecule has 21 rings (SSSR count). The zero-order chi connectivity index (χ0) is 80.4. The standard InChI is InChI=1S/C67H114N2O39S2/c1-5-8-9-12-69-59(91)28(6-2)23-109-25-36-57-43(82)50(89)66(100-36)105-55-34(21-73)96-62(46(85)39(55)78)102-52-31(18-70)95-61(45(84)38(52)77)103-53-33(20-72)99-65(49(88)42(53)81)108-58-37(26-110-24-29(60(92)68-7-3)17-30(76)11-14-94-16-15-93-13-10-27(4)75)101-67(51(90)44(58)83)106-56-35(22-74)97-63(47(86)40(56)79)104-54-32(19-71)98-64(107-57)48(87)41(54)80/h28-29,31-58,61-67,70-74,77-90H,5-26H2,1-4H3,(H,68,92)(H,69,91)/t28?,29?,31?,32?,33?,34?,35?,36?,37?,38-,39-,40-,41-,42-,43-,44-,45?,46?,47?,48?,49?,50?,51?,52-,53-,54-,55-,56-,57-,58-,61-,62-,63-,64-,65-,66-,67-/m1/s1. The molecule has 21 saturated heterocycles. The van der Waals surface area contributed by atoms with Gasteiger partial charge in [-0.15, -0.1) is 0 Å². The fourth-order valence-electron chi connectivity index (χ4n) is 13.8. The van der Waals surface area contributed by atoms with Gasteiger partial charge >= 0.3 is 0 Å². The highest BCUT2D eigenvalue weighted by molar-refractivity contribution is 7.99. The van der Waals surface area contributed by atoms with Crippen LogP contribution in [0.4, 0.5) is 0 Å². The Labute approximate surface area is 642 Å². The van der Waals surface area contributed by atoms with Crippen LogP contribution in [0.1, 0.15) is 72.6 Å². The number of rotatable bonds is 32. The van der Waals surface area contributed by atoms with Crippen molar-refractivity contribution < 1.29 is 192 Å². The minimum Gasteiger partial charge on any atom is -0.394 e. The van der Waals surface area contributed by atoms with Gasteiger partial charge in [0.2, 0.25) is 11.8 Å². The van der Waals surface area contributed by atoms with E-state index < -0.39 is 266 Å². The molecule has 21 heterocycles. The summed E-state index contributed by atoms with van der Waals surface area (Å²) in [5.74, 6) is -3.46. The molecule has 16 unspecified atom stereocenters. The van der Waals surface area contributed by atoms with Crippen molar-refractivity contribution in [1.29, 1.82) is 0 Å². The number of ether oxygens (including phenoxy) is 16. The first-order chi connectivity index (χ1) is 52.6. The van der Waals surface area contributed by atoms with E-state index in [1.54, 1.807) is 13.8 Å².